The molecule has 1 unspecified atom stereocenters. The van der Waals surface area contributed by atoms with Crippen molar-refractivity contribution >= 4 is 22.2 Å². The van der Waals surface area contributed by atoms with Crippen LogP contribution in [0.5, 0.6) is 6.01 Å². The number of likely N-dealkylation sites (tertiary alicyclic amines) is 1. The molecule has 8 heteroatoms. The monoisotopic (exact) mass is 457 g/mol. The molecular weight excluding hydrogens is 426 g/mol. The van der Waals surface area contributed by atoms with Gasteiger partial charge in [0.25, 0.3) is 0 Å². The predicted octanol–water partition coefficient (Wildman–Crippen LogP) is 2.75. The van der Waals surface area contributed by atoms with Gasteiger partial charge in [-0.05, 0) is 42.8 Å². The molecule has 2 aromatic heterocycles. The molecule has 2 aliphatic rings. The number of piperazine rings is 1. The van der Waals surface area contributed by atoms with E-state index in [1.807, 2.05) is 10.7 Å². The van der Waals surface area contributed by atoms with Crippen LogP contribution in [0.25, 0.3) is 16.4 Å². The van der Waals surface area contributed by atoms with Crippen LogP contribution in [0.4, 0.5) is 5.82 Å². The predicted molar refractivity (Wildman–Crippen MR) is 134 cm³/mol. The maximum absolute atomic E-state index is 6.19. The molecule has 4 aromatic rings. The fourth-order valence-electron chi connectivity index (χ4n) is 5.17. The summed E-state index contributed by atoms with van der Waals surface area (Å²) in [5, 5.41) is 10.7. The Morgan fingerprint density at radius 3 is 2.76 bits per heavy atom. The van der Waals surface area contributed by atoms with Gasteiger partial charge in [-0.25, -0.2) is 9.50 Å². The van der Waals surface area contributed by atoms with Gasteiger partial charge in [0, 0.05) is 38.6 Å². The minimum absolute atomic E-state index is 0.417. The molecule has 176 valence electrons. The Balaban J connectivity index is 1.37. The van der Waals surface area contributed by atoms with E-state index in [-0.39, 0.29) is 0 Å². The molecule has 2 saturated heterocycles. The second-order valence-corrected chi connectivity index (χ2v) is 9.34. The standard InChI is InChI=1S/C26H31N7O/c1-31-13-5-9-21(31)18-34-26-29-25(32-14-11-27-12-15-32)24-28-17-22(33(24)30-26)16-20-8-4-7-19-6-2-3-10-23(19)20/h2-4,6-8,10,17,21,27H,5,9,11-16,18H2,1H3. The van der Waals surface area contributed by atoms with Crippen molar-refractivity contribution < 1.29 is 4.74 Å². The maximum Gasteiger partial charge on any atom is 0.336 e. The molecule has 8 nitrogen and oxygen atoms in total. The number of nitrogens with zero attached hydrogens (tertiary/aromatic N) is 6. The second-order valence-electron chi connectivity index (χ2n) is 9.34. The highest BCUT2D eigenvalue weighted by atomic mass is 16.5. The van der Waals surface area contributed by atoms with Crippen LogP contribution < -0.4 is 15.0 Å². The highest BCUT2D eigenvalue weighted by Gasteiger charge is 2.24. The maximum atomic E-state index is 6.19. The molecule has 6 rings (SSSR count). The topological polar surface area (TPSA) is 70.8 Å². The average molecular weight is 458 g/mol. The van der Waals surface area contributed by atoms with Gasteiger partial charge in [0.15, 0.2) is 11.5 Å². The van der Waals surface area contributed by atoms with Crippen molar-refractivity contribution in [2.24, 2.45) is 0 Å². The van der Waals surface area contributed by atoms with Gasteiger partial charge in [0.05, 0.1) is 11.9 Å². The molecular formula is C26H31N7O. The SMILES string of the molecule is CN1CCCC1COc1nc(N2CCNCC2)c2ncc(Cc3cccc4ccccc34)n2n1. The third-order valence-corrected chi connectivity index (χ3v) is 7.14. The number of hydrogen-bond acceptors (Lipinski definition) is 7. The lowest BCUT2D eigenvalue weighted by Gasteiger charge is -2.28. The first-order chi connectivity index (χ1) is 16.8. The quantitative estimate of drug-likeness (QED) is 0.477. The van der Waals surface area contributed by atoms with Gasteiger partial charge in [-0.3, -0.25) is 0 Å². The van der Waals surface area contributed by atoms with Crippen molar-refractivity contribution in [3.05, 3.63) is 59.9 Å². The van der Waals surface area contributed by atoms with E-state index in [1.54, 1.807) is 0 Å². The van der Waals surface area contributed by atoms with Crippen molar-refractivity contribution in [1.29, 1.82) is 0 Å². The molecule has 2 aliphatic heterocycles. The Morgan fingerprint density at radius 2 is 1.91 bits per heavy atom. The smallest absolute Gasteiger partial charge is 0.336 e. The van der Waals surface area contributed by atoms with Gasteiger partial charge >= 0.3 is 6.01 Å². The van der Waals surface area contributed by atoms with Crippen LogP contribution in [0.3, 0.4) is 0 Å². The van der Waals surface area contributed by atoms with E-state index in [0.717, 1.165) is 62.7 Å². The van der Waals surface area contributed by atoms with Crippen LogP contribution in [0.15, 0.2) is 48.7 Å². The lowest BCUT2D eigenvalue weighted by molar-refractivity contribution is 0.186. The Bertz CT molecular complexity index is 1290. The summed E-state index contributed by atoms with van der Waals surface area (Å²) in [6.07, 6.45) is 5.05. The first-order valence-electron chi connectivity index (χ1n) is 12.3. The number of fused-ring (bicyclic) bond motifs is 2. The van der Waals surface area contributed by atoms with Gasteiger partial charge in [0.2, 0.25) is 0 Å². The number of ether oxygens (including phenoxy) is 1. The Kier molecular flexibility index (Phi) is 5.76. The number of imidazole rings is 1. The van der Waals surface area contributed by atoms with Crippen LogP contribution in [0, 0.1) is 0 Å². The van der Waals surface area contributed by atoms with Crippen LogP contribution in [-0.4, -0.2) is 76.9 Å². The van der Waals surface area contributed by atoms with E-state index in [2.05, 4.69) is 64.6 Å². The molecule has 0 spiro atoms. The van der Waals surface area contributed by atoms with Crippen molar-refractivity contribution in [3.8, 4) is 6.01 Å². The van der Waals surface area contributed by atoms with E-state index >= 15 is 0 Å². The first-order valence-corrected chi connectivity index (χ1v) is 12.3. The van der Waals surface area contributed by atoms with E-state index in [1.165, 1.54) is 22.8 Å². The van der Waals surface area contributed by atoms with Gasteiger partial charge in [-0.2, -0.15) is 4.98 Å². The Labute approximate surface area is 199 Å². The van der Waals surface area contributed by atoms with Crippen LogP contribution in [-0.2, 0) is 6.42 Å². The second kappa shape index (κ2) is 9.19. The molecule has 0 amide bonds. The van der Waals surface area contributed by atoms with E-state index < -0.39 is 0 Å². The Hall–Kier alpha value is -3.23. The summed E-state index contributed by atoms with van der Waals surface area (Å²) < 4.78 is 8.13. The molecule has 2 fully saturated rings. The van der Waals surface area contributed by atoms with Crippen LogP contribution in [0.1, 0.15) is 24.1 Å². The van der Waals surface area contributed by atoms with E-state index in [4.69, 9.17) is 19.8 Å². The number of likely N-dealkylation sites (N-methyl/N-ethyl adjacent to an activating group) is 1. The lowest BCUT2D eigenvalue weighted by atomic mass is 10.0. The highest BCUT2D eigenvalue weighted by Crippen LogP contribution is 2.26. The summed E-state index contributed by atoms with van der Waals surface area (Å²) in [6, 6.07) is 15.8. The fraction of sp³-hybridized carbons (Fsp3) is 0.423. The van der Waals surface area contributed by atoms with Gasteiger partial charge in [-0.1, -0.05) is 42.5 Å². The zero-order valence-corrected chi connectivity index (χ0v) is 19.7. The molecule has 1 N–H and O–H groups in total. The molecule has 4 heterocycles. The number of rotatable bonds is 6. The average Bonchev–Trinajstić information content (AvgIpc) is 3.48. The number of benzene rings is 2. The summed E-state index contributed by atoms with van der Waals surface area (Å²) in [5.41, 5.74) is 3.09. The minimum atomic E-state index is 0.417. The fourth-order valence-corrected chi connectivity index (χ4v) is 5.17. The molecule has 0 aliphatic carbocycles. The molecule has 0 radical (unpaired) electrons. The molecule has 1 atom stereocenters. The van der Waals surface area contributed by atoms with Crippen molar-refractivity contribution in [2.45, 2.75) is 25.3 Å². The zero-order valence-electron chi connectivity index (χ0n) is 19.7. The summed E-state index contributed by atoms with van der Waals surface area (Å²) in [7, 11) is 2.16. The van der Waals surface area contributed by atoms with E-state index in [0.29, 0.717) is 18.7 Å². The molecule has 0 saturated carbocycles. The van der Waals surface area contributed by atoms with Crippen LogP contribution >= 0.6 is 0 Å². The zero-order chi connectivity index (χ0) is 22.9. The van der Waals surface area contributed by atoms with Gasteiger partial charge < -0.3 is 19.9 Å². The lowest BCUT2D eigenvalue weighted by Crippen LogP contribution is -2.44. The summed E-state index contributed by atoms with van der Waals surface area (Å²) in [5.74, 6) is 0.857. The normalized spacial score (nSPS) is 19.3. The third-order valence-electron chi connectivity index (χ3n) is 7.14. The van der Waals surface area contributed by atoms with Crippen LogP contribution in [0.2, 0.25) is 0 Å². The molecule has 2 aromatic carbocycles. The minimum Gasteiger partial charge on any atom is -0.461 e. The van der Waals surface area contributed by atoms with Gasteiger partial charge in [0.1, 0.15) is 6.61 Å². The third kappa shape index (κ3) is 4.08. The number of anilines is 1. The Morgan fingerprint density at radius 1 is 1.06 bits per heavy atom. The summed E-state index contributed by atoms with van der Waals surface area (Å²) >= 11 is 0. The number of hydrogen-bond donors (Lipinski definition) is 1. The first kappa shape index (κ1) is 21.3. The van der Waals surface area contributed by atoms with Crippen molar-refractivity contribution in [3.63, 3.8) is 0 Å². The summed E-state index contributed by atoms with van der Waals surface area (Å²) in [4.78, 5) is 14.3. The largest absolute Gasteiger partial charge is 0.461 e. The number of nitrogens with one attached hydrogen (secondary N) is 1. The van der Waals surface area contributed by atoms with Crippen molar-refractivity contribution in [2.75, 3.05) is 51.3 Å². The highest BCUT2D eigenvalue weighted by molar-refractivity contribution is 5.85. The van der Waals surface area contributed by atoms with E-state index in [9.17, 15) is 0 Å². The van der Waals surface area contributed by atoms with Crippen molar-refractivity contribution in [1.82, 2.24) is 29.8 Å². The van der Waals surface area contributed by atoms with Gasteiger partial charge in [-0.15, -0.1) is 5.10 Å². The number of aromatic nitrogens is 4. The molecule has 0 bridgehead atoms. The molecule has 34 heavy (non-hydrogen) atoms. The summed E-state index contributed by atoms with van der Waals surface area (Å²) in [6.45, 7) is 5.38.